The zero-order valence-corrected chi connectivity index (χ0v) is 21.3. The van der Waals surface area contributed by atoms with Crippen LogP contribution in [0.5, 0.6) is 11.5 Å². The van der Waals surface area contributed by atoms with Gasteiger partial charge in [-0.25, -0.2) is 0 Å². The van der Waals surface area contributed by atoms with Crippen LogP contribution < -0.4 is 14.8 Å². The average Bonchev–Trinajstić information content (AvgIpc) is 3.25. The van der Waals surface area contributed by atoms with Gasteiger partial charge in [0.15, 0.2) is 5.96 Å². The maximum absolute atomic E-state index is 5.99. The minimum atomic E-state index is 0. The number of aliphatic imine (C=N–C) groups is 1. The van der Waals surface area contributed by atoms with Crippen LogP contribution in [-0.2, 0) is 6.54 Å². The Morgan fingerprint density at radius 2 is 1.90 bits per heavy atom. The lowest BCUT2D eigenvalue weighted by atomic mass is 9.98. The van der Waals surface area contributed by atoms with Gasteiger partial charge in [0.05, 0.1) is 7.11 Å². The molecule has 0 bridgehead atoms. The Balaban J connectivity index is 0.00000341. The lowest BCUT2D eigenvalue weighted by Gasteiger charge is -2.22. The SMILES string of the molecule is CN=C(NCc1ccccc1OCCN(C)C)N1CCC(c2ccc(OC)cc2)C1.I. The van der Waals surface area contributed by atoms with Gasteiger partial charge >= 0.3 is 0 Å². The van der Waals surface area contributed by atoms with E-state index in [1.807, 2.05) is 37.4 Å². The molecule has 2 aromatic carbocycles. The number of hydrogen-bond donors (Lipinski definition) is 1. The monoisotopic (exact) mass is 538 g/mol. The summed E-state index contributed by atoms with van der Waals surface area (Å²) in [4.78, 5) is 8.98. The fraction of sp³-hybridized carbons (Fsp3) is 0.458. The van der Waals surface area contributed by atoms with Crippen LogP contribution in [0.2, 0.25) is 0 Å². The molecule has 1 atom stereocenters. The molecular formula is C24H35IN4O2. The van der Waals surface area contributed by atoms with E-state index in [0.717, 1.165) is 49.1 Å². The lowest BCUT2D eigenvalue weighted by molar-refractivity contribution is 0.259. The lowest BCUT2D eigenvalue weighted by Crippen LogP contribution is -2.39. The van der Waals surface area contributed by atoms with Crippen LogP contribution in [0.3, 0.4) is 0 Å². The van der Waals surface area contributed by atoms with E-state index in [0.29, 0.717) is 19.1 Å². The van der Waals surface area contributed by atoms with Crippen LogP contribution >= 0.6 is 24.0 Å². The Morgan fingerprint density at radius 3 is 2.58 bits per heavy atom. The maximum Gasteiger partial charge on any atom is 0.193 e. The highest BCUT2D eigenvalue weighted by atomic mass is 127. The summed E-state index contributed by atoms with van der Waals surface area (Å²) in [6, 6.07) is 16.6. The van der Waals surface area contributed by atoms with Gasteiger partial charge in [-0.1, -0.05) is 30.3 Å². The summed E-state index contributed by atoms with van der Waals surface area (Å²) in [5.74, 6) is 3.28. The fourth-order valence-electron chi connectivity index (χ4n) is 3.74. The number of benzene rings is 2. The van der Waals surface area contributed by atoms with E-state index in [-0.39, 0.29) is 24.0 Å². The van der Waals surface area contributed by atoms with Gasteiger partial charge in [-0.3, -0.25) is 4.99 Å². The van der Waals surface area contributed by atoms with Crippen LogP contribution in [0.4, 0.5) is 0 Å². The molecule has 1 unspecified atom stereocenters. The largest absolute Gasteiger partial charge is 0.497 e. The van der Waals surface area contributed by atoms with Crippen LogP contribution in [0.15, 0.2) is 53.5 Å². The van der Waals surface area contributed by atoms with Crippen molar-refractivity contribution < 1.29 is 9.47 Å². The van der Waals surface area contributed by atoms with Gasteiger partial charge in [0, 0.05) is 44.7 Å². The molecule has 170 valence electrons. The number of hydrogen-bond acceptors (Lipinski definition) is 4. The first kappa shape index (κ1) is 25.3. The quantitative estimate of drug-likeness (QED) is 0.315. The Labute approximate surface area is 203 Å². The summed E-state index contributed by atoms with van der Waals surface area (Å²) in [6.07, 6.45) is 1.12. The minimum absolute atomic E-state index is 0. The van der Waals surface area contributed by atoms with Crippen molar-refractivity contribution in [3.8, 4) is 11.5 Å². The Kier molecular flexibility index (Phi) is 10.4. The molecule has 3 rings (SSSR count). The number of halogens is 1. The molecule has 0 spiro atoms. The third-order valence-corrected chi connectivity index (χ3v) is 5.49. The zero-order valence-electron chi connectivity index (χ0n) is 19.0. The van der Waals surface area contributed by atoms with Crippen molar-refractivity contribution in [1.82, 2.24) is 15.1 Å². The fourth-order valence-corrected chi connectivity index (χ4v) is 3.74. The van der Waals surface area contributed by atoms with Crippen LogP contribution in [0.25, 0.3) is 0 Å². The summed E-state index contributed by atoms with van der Waals surface area (Å²) in [5.41, 5.74) is 2.50. The first-order valence-corrected chi connectivity index (χ1v) is 10.6. The highest BCUT2D eigenvalue weighted by molar-refractivity contribution is 14.0. The topological polar surface area (TPSA) is 49.3 Å². The molecule has 0 radical (unpaired) electrons. The normalized spacial score (nSPS) is 16.2. The van der Waals surface area contributed by atoms with E-state index in [1.165, 1.54) is 5.56 Å². The van der Waals surface area contributed by atoms with Gasteiger partial charge in [0.1, 0.15) is 18.1 Å². The second-order valence-corrected chi connectivity index (χ2v) is 7.87. The Hall–Kier alpha value is -2.00. The zero-order chi connectivity index (χ0) is 21.3. The van der Waals surface area contributed by atoms with Gasteiger partial charge in [-0.2, -0.15) is 0 Å². The predicted octanol–water partition coefficient (Wildman–Crippen LogP) is 3.82. The molecule has 1 heterocycles. The number of nitrogens with zero attached hydrogens (tertiary/aromatic N) is 3. The third kappa shape index (κ3) is 7.28. The van der Waals surface area contributed by atoms with E-state index in [9.17, 15) is 0 Å². The minimum Gasteiger partial charge on any atom is -0.497 e. The van der Waals surface area contributed by atoms with Gasteiger partial charge < -0.3 is 24.6 Å². The van der Waals surface area contributed by atoms with Crippen LogP contribution in [0, 0.1) is 0 Å². The van der Waals surface area contributed by atoms with Gasteiger partial charge in [-0.15, -0.1) is 24.0 Å². The molecule has 0 aromatic heterocycles. The summed E-state index contributed by atoms with van der Waals surface area (Å²) >= 11 is 0. The van der Waals surface area contributed by atoms with Crippen molar-refractivity contribution >= 4 is 29.9 Å². The molecule has 6 nitrogen and oxygen atoms in total. The number of guanidine groups is 1. The molecule has 1 fully saturated rings. The summed E-state index contributed by atoms with van der Waals surface area (Å²) in [7, 11) is 7.65. The highest BCUT2D eigenvalue weighted by Crippen LogP contribution is 2.28. The van der Waals surface area contributed by atoms with Crippen molar-refractivity contribution in [3.63, 3.8) is 0 Å². The molecular weight excluding hydrogens is 503 g/mol. The molecule has 0 saturated carbocycles. The van der Waals surface area contributed by atoms with E-state index < -0.39 is 0 Å². The molecule has 1 N–H and O–H groups in total. The summed E-state index contributed by atoms with van der Waals surface area (Å²) in [5, 5.41) is 3.52. The van der Waals surface area contributed by atoms with Crippen molar-refractivity contribution in [2.75, 3.05) is 54.5 Å². The standard InChI is InChI=1S/C24H34N4O2.HI/c1-25-24(26-17-20-7-5-6-8-23(20)30-16-15-27(2)3)28-14-13-21(18-28)19-9-11-22(29-4)12-10-19;/h5-12,21H,13-18H2,1-4H3,(H,25,26);1H. The predicted molar refractivity (Wildman–Crippen MR) is 138 cm³/mol. The molecule has 7 heteroatoms. The number of ether oxygens (including phenoxy) is 2. The van der Waals surface area contributed by atoms with Crippen molar-refractivity contribution in [2.24, 2.45) is 4.99 Å². The van der Waals surface area contributed by atoms with E-state index in [1.54, 1.807) is 7.11 Å². The van der Waals surface area contributed by atoms with Gasteiger partial charge in [-0.05, 0) is 44.3 Å². The third-order valence-electron chi connectivity index (χ3n) is 5.49. The summed E-state index contributed by atoms with van der Waals surface area (Å²) < 4.78 is 11.3. The molecule has 1 aliphatic rings. The number of nitrogens with one attached hydrogen (secondary N) is 1. The van der Waals surface area contributed by atoms with Crippen LogP contribution in [0.1, 0.15) is 23.5 Å². The number of para-hydroxylation sites is 1. The van der Waals surface area contributed by atoms with Gasteiger partial charge in [0.25, 0.3) is 0 Å². The molecule has 1 saturated heterocycles. The highest BCUT2D eigenvalue weighted by Gasteiger charge is 2.26. The number of likely N-dealkylation sites (tertiary alicyclic amines) is 1. The van der Waals surface area contributed by atoms with Crippen molar-refractivity contribution in [3.05, 3.63) is 59.7 Å². The van der Waals surface area contributed by atoms with Crippen molar-refractivity contribution in [2.45, 2.75) is 18.9 Å². The molecule has 0 aliphatic carbocycles. The van der Waals surface area contributed by atoms with E-state index >= 15 is 0 Å². The van der Waals surface area contributed by atoms with E-state index in [4.69, 9.17) is 9.47 Å². The summed E-state index contributed by atoms with van der Waals surface area (Å²) in [6.45, 7) is 4.22. The molecule has 1 aliphatic heterocycles. The van der Waals surface area contributed by atoms with Gasteiger partial charge in [0.2, 0.25) is 0 Å². The Morgan fingerprint density at radius 1 is 1.16 bits per heavy atom. The first-order chi connectivity index (χ1) is 14.6. The van der Waals surface area contributed by atoms with E-state index in [2.05, 4.69) is 52.4 Å². The van der Waals surface area contributed by atoms with Crippen LogP contribution in [-0.4, -0.2) is 70.3 Å². The number of likely N-dealkylation sites (N-methyl/N-ethyl adjacent to an activating group) is 1. The molecule has 31 heavy (non-hydrogen) atoms. The maximum atomic E-state index is 5.99. The second kappa shape index (κ2) is 12.8. The van der Waals surface area contributed by atoms with Crippen molar-refractivity contribution in [1.29, 1.82) is 0 Å². The first-order valence-electron chi connectivity index (χ1n) is 10.6. The smallest absolute Gasteiger partial charge is 0.193 e. The second-order valence-electron chi connectivity index (χ2n) is 7.87. The molecule has 0 amide bonds. The number of methoxy groups -OCH3 is 1. The number of rotatable bonds is 8. The average molecular weight is 538 g/mol. The molecule has 2 aromatic rings. The Bertz CT molecular complexity index is 827.